The van der Waals surface area contributed by atoms with E-state index in [4.69, 9.17) is 0 Å². The Hall–Kier alpha value is -1.61. The fraction of sp³-hybridized carbons (Fsp3) is 0.400. The molecule has 1 aromatic heterocycles. The Morgan fingerprint density at radius 1 is 1.22 bits per heavy atom. The number of hydrogen-bond donors (Lipinski definition) is 1. The first-order chi connectivity index (χ1) is 8.63. The molecular weight excluding hydrogens is 222 g/mol. The van der Waals surface area contributed by atoms with E-state index in [1.807, 2.05) is 4.68 Å². The van der Waals surface area contributed by atoms with Crippen molar-refractivity contribution in [2.24, 2.45) is 0 Å². The molecular formula is C15H21N3. The topological polar surface area (TPSA) is 29.9 Å². The minimum Gasteiger partial charge on any atom is -0.313 e. The number of nitrogens with zero attached hydrogens (tertiary/aromatic N) is 2. The van der Waals surface area contributed by atoms with Gasteiger partial charge in [-0.15, -0.1) is 0 Å². The van der Waals surface area contributed by atoms with Crippen LogP contribution in [0.25, 0.3) is 5.69 Å². The Balaban J connectivity index is 2.36. The van der Waals surface area contributed by atoms with Gasteiger partial charge in [-0.3, -0.25) is 0 Å². The Morgan fingerprint density at radius 3 is 2.72 bits per heavy atom. The monoisotopic (exact) mass is 243 g/mol. The predicted molar refractivity (Wildman–Crippen MR) is 75.2 cm³/mol. The van der Waals surface area contributed by atoms with Gasteiger partial charge in [0.15, 0.2) is 0 Å². The summed E-state index contributed by atoms with van der Waals surface area (Å²) in [5.74, 6) is 0. The maximum atomic E-state index is 4.61. The SMILES string of the molecule is CCNCc1cn(-c2cccc(C)c2C)nc1C. The first-order valence-corrected chi connectivity index (χ1v) is 6.46. The van der Waals surface area contributed by atoms with Gasteiger partial charge in [-0.2, -0.15) is 5.10 Å². The van der Waals surface area contributed by atoms with Crippen LogP contribution in [0.5, 0.6) is 0 Å². The molecule has 2 aromatic rings. The van der Waals surface area contributed by atoms with Crippen LogP contribution in [-0.2, 0) is 6.54 Å². The number of aromatic nitrogens is 2. The van der Waals surface area contributed by atoms with Crippen molar-refractivity contribution in [2.75, 3.05) is 6.54 Å². The van der Waals surface area contributed by atoms with Gasteiger partial charge in [0.25, 0.3) is 0 Å². The summed E-state index contributed by atoms with van der Waals surface area (Å²) in [7, 11) is 0. The number of aryl methyl sites for hydroxylation is 2. The van der Waals surface area contributed by atoms with E-state index in [-0.39, 0.29) is 0 Å². The zero-order chi connectivity index (χ0) is 13.1. The molecule has 0 radical (unpaired) electrons. The number of benzene rings is 1. The summed E-state index contributed by atoms with van der Waals surface area (Å²) < 4.78 is 1.99. The molecule has 0 aliphatic heterocycles. The summed E-state index contributed by atoms with van der Waals surface area (Å²) in [6.07, 6.45) is 2.12. The standard InChI is InChI=1S/C15H21N3/c1-5-16-9-14-10-18(17-13(14)4)15-8-6-7-11(2)12(15)3/h6-8,10,16H,5,9H2,1-4H3. The smallest absolute Gasteiger partial charge is 0.0677 e. The van der Waals surface area contributed by atoms with E-state index in [0.717, 1.165) is 18.8 Å². The second-order valence-electron chi connectivity index (χ2n) is 4.68. The molecule has 2 rings (SSSR count). The van der Waals surface area contributed by atoms with E-state index in [2.05, 4.69) is 62.5 Å². The second kappa shape index (κ2) is 5.36. The first kappa shape index (κ1) is 12.8. The average molecular weight is 243 g/mol. The minimum atomic E-state index is 0.882. The first-order valence-electron chi connectivity index (χ1n) is 6.46. The Bertz CT molecular complexity index is 541. The van der Waals surface area contributed by atoms with Gasteiger partial charge in [0.1, 0.15) is 0 Å². The molecule has 1 aromatic carbocycles. The quantitative estimate of drug-likeness (QED) is 0.895. The third kappa shape index (κ3) is 2.46. The van der Waals surface area contributed by atoms with Gasteiger partial charge in [-0.1, -0.05) is 19.1 Å². The maximum absolute atomic E-state index is 4.61. The number of hydrogen-bond acceptors (Lipinski definition) is 2. The maximum Gasteiger partial charge on any atom is 0.0677 e. The van der Waals surface area contributed by atoms with E-state index in [0.29, 0.717) is 0 Å². The molecule has 0 saturated heterocycles. The van der Waals surface area contributed by atoms with Crippen LogP contribution < -0.4 is 5.32 Å². The molecule has 0 unspecified atom stereocenters. The Kier molecular flexibility index (Phi) is 3.82. The van der Waals surface area contributed by atoms with Gasteiger partial charge < -0.3 is 5.32 Å². The molecule has 0 atom stereocenters. The van der Waals surface area contributed by atoms with E-state index >= 15 is 0 Å². The van der Waals surface area contributed by atoms with Crippen molar-refractivity contribution in [3.8, 4) is 5.69 Å². The Morgan fingerprint density at radius 2 is 2.00 bits per heavy atom. The molecule has 0 aliphatic rings. The molecule has 1 heterocycles. The van der Waals surface area contributed by atoms with Crippen molar-refractivity contribution in [3.05, 3.63) is 46.8 Å². The highest BCUT2D eigenvalue weighted by atomic mass is 15.3. The highest BCUT2D eigenvalue weighted by molar-refractivity contribution is 5.44. The van der Waals surface area contributed by atoms with Gasteiger partial charge in [-0.05, 0) is 44.5 Å². The average Bonchev–Trinajstić information content (AvgIpc) is 2.71. The van der Waals surface area contributed by atoms with E-state index in [9.17, 15) is 0 Å². The Labute approximate surface area is 109 Å². The lowest BCUT2D eigenvalue weighted by Crippen LogP contribution is -2.11. The van der Waals surface area contributed by atoms with Gasteiger partial charge in [0, 0.05) is 18.3 Å². The molecule has 18 heavy (non-hydrogen) atoms. The molecule has 0 saturated carbocycles. The zero-order valence-corrected chi connectivity index (χ0v) is 11.6. The molecule has 0 fully saturated rings. The van der Waals surface area contributed by atoms with Crippen molar-refractivity contribution >= 4 is 0 Å². The summed E-state index contributed by atoms with van der Waals surface area (Å²) in [4.78, 5) is 0. The lowest BCUT2D eigenvalue weighted by atomic mass is 10.1. The third-order valence-corrected chi connectivity index (χ3v) is 3.39. The molecule has 0 spiro atoms. The fourth-order valence-corrected chi connectivity index (χ4v) is 2.04. The lowest BCUT2D eigenvalue weighted by Gasteiger charge is -2.08. The van der Waals surface area contributed by atoms with Crippen molar-refractivity contribution in [1.82, 2.24) is 15.1 Å². The fourth-order valence-electron chi connectivity index (χ4n) is 2.04. The second-order valence-corrected chi connectivity index (χ2v) is 4.68. The highest BCUT2D eigenvalue weighted by Crippen LogP contribution is 2.18. The largest absolute Gasteiger partial charge is 0.313 e. The van der Waals surface area contributed by atoms with E-state index in [1.165, 1.54) is 22.4 Å². The molecule has 0 amide bonds. The van der Waals surface area contributed by atoms with Crippen LogP contribution in [0.2, 0.25) is 0 Å². The van der Waals surface area contributed by atoms with E-state index < -0.39 is 0 Å². The highest BCUT2D eigenvalue weighted by Gasteiger charge is 2.08. The summed E-state index contributed by atoms with van der Waals surface area (Å²) in [6, 6.07) is 6.33. The summed E-state index contributed by atoms with van der Waals surface area (Å²) in [5, 5.41) is 7.96. The van der Waals surface area contributed by atoms with Crippen LogP contribution in [-0.4, -0.2) is 16.3 Å². The van der Waals surface area contributed by atoms with Gasteiger partial charge >= 0.3 is 0 Å². The minimum absolute atomic E-state index is 0.882. The van der Waals surface area contributed by atoms with Crippen molar-refractivity contribution < 1.29 is 0 Å². The zero-order valence-electron chi connectivity index (χ0n) is 11.6. The van der Waals surface area contributed by atoms with Crippen molar-refractivity contribution in [3.63, 3.8) is 0 Å². The van der Waals surface area contributed by atoms with Gasteiger partial charge in [0.05, 0.1) is 11.4 Å². The lowest BCUT2D eigenvalue weighted by molar-refractivity contribution is 0.723. The van der Waals surface area contributed by atoms with Gasteiger partial charge in [0.2, 0.25) is 0 Å². The molecule has 3 heteroatoms. The van der Waals surface area contributed by atoms with Crippen LogP contribution >= 0.6 is 0 Å². The van der Waals surface area contributed by atoms with Crippen LogP contribution in [0.4, 0.5) is 0 Å². The van der Waals surface area contributed by atoms with Crippen LogP contribution in [0.3, 0.4) is 0 Å². The van der Waals surface area contributed by atoms with Crippen LogP contribution in [0.1, 0.15) is 29.3 Å². The summed E-state index contributed by atoms with van der Waals surface area (Å²) in [5.41, 5.74) is 6.11. The molecule has 0 aliphatic carbocycles. The molecule has 3 nitrogen and oxygen atoms in total. The van der Waals surface area contributed by atoms with Crippen LogP contribution in [0.15, 0.2) is 24.4 Å². The number of nitrogens with one attached hydrogen (secondary N) is 1. The molecule has 1 N–H and O–H groups in total. The summed E-state index contributed by atoms with van der Waals surface area (Å²) >= 11 is 0. The van der Waals surface area contributed by atoms with E-state index in [1.54, 1.807) is 0 Å². The summed E-state index contributed by atoms with van der Waals surface area (Å²) in [6.45, 7) is 10.3. The van der Waals surface area contributed by atoms with Crippen molar-refractivity contribution in [1.29, 1.82) is 0 Å². The third-order valence-electron chi connectivity index (χ3n) is 3.39. The predicted octanol–water partition coefficient (Wildman–Crippen LogP) is 2.91. The normalized spacial score (nSPS) is 10.9. The molecule has 96 valence electrons. The number of rotatable bonds is 4. The molecule has 0 bridgehead atoms. The van der Waals surface area contributed by atoms with Crippen LogP contribution in [0, 0.1) is 20.8 Å². The van der Waals surface area contributed by atoms with Crippen molar-refractivity contribution in [2.45, 2.75) is 34.2 Å². The van der Waals surface area contributed by atoms with Gasteiger partial charge in [-0.25, -0.2) is 4.68 Å².